The Kier molecular flexibility index (Phi) is 6.12. The number of anilines is 1. The van der Waals surface area contributed by atoms with E-state index in [1.54, 1.807) is 0 Å². The molecular formula is C18H22BrNO. The first kappa shape index (κ1) is 15.9. The fourth-order valence-electron chi connectivity index (χ4n) is 2.23. The summed E-state index contributed by atoms with van der Waals surface area (Å²) in [6.07, 6.45) is 2.04. The van der Waals surface area contributed by atoms with E-state index in [9.17, 15) is 0 Å². The lowest BCUT2D eigenvalue weighted by Gasteiger charge is -2.14. The van der Waals surface area contributed by atoms with Crippen LogP contribution in [-0.2, 0) is 13.0 Å². The van der Waals surface area contributed by atoms with Crippen LogP contribution in [0.15, 0.2) is 46.9 Å². The van der Waals surface area contributed by atoms with Crippen molar-refractivity contribution < 1.29 is 4.74 Å². The zero-order valence-corrected chi connectivity index (χ0v) is 14.2. The summed E-state index contributed by atoms with van der Waals surface area (Å²) in [7, 11) is 0. The maximum Gasteiger partial charge on any atom is 0.124 e. The molecule has 0 fully saturated rings. The Morgan fingerprint density at radius 1 is 1.05 bits per heavy atom. The molecular weight excluding hydrogens is 326 g/mol. The molecule has 112 valence electrons. The molecule has 0 amide bonds. The molecule has 2 aromatic rings. The predicted molar refractivity (Wildman–Crippen MR) is 93.1 cm³/mol. The van der Waals surface area contributed by atoms with Crippen LogP contribution in [-0.4, -0.2) is 6.61 Å². The van der Waals surface area contributed by atoms with E-state index in [-0.39, 0.29) is 0 Å². The molecule has 0 bridgehead atoms. The number of ether oxygens (including phenoxy) is 1. The zero-order valence-electron chi connectivity index (χ0n) is 12.7. The third-order valence-corrected chi connectivity index (χ3v) is 3.85. The molecule has 0 atom stereocenters. The van der Waals surface area contributed by atoms with Gasteiger partial charge in [0.25, 0.3) is 0 Å². The summed E-state index contributed by atoms with van der Waals surface area (Å²) in [6, 6.07) is 14.6. The molecule has 3 heteroatoms. The number of rotatable bonds is 7. The number of hydrogen-bond donors (Lipinski definition) is 1. The van der Waals surface area contributed by atoms with E-state index >= 15 is 0 Å². The van der Waals surface area contributed by atoms with Crippen LogP contribution in [0, 0.1) is 0 Å². The van der Waals surface area contributed by atoms with Crippen LogP contribution in [0.2, 0.25) is 0 Å². The van der Waals surface area contributed by atoms with Crippen molar-refractivity contribution in [1.29, 1.82) is 0 Å². The molecule has 0 aliphatic rings. The van der Waals surface area contributed by atoms with E-state index in [0.29, 0.717) is 0 Å². The molecule has 0 aromatic heterocycles. The number of hydrogen-bond acceptors (Lipinski definition) is 2. The van der Waals surface area contributed by atoms with Crippen molar-refractivity contribution >= 4 is 21.6 Å². The van der Waals surface area contributed by atoms with Gasteiger partial charge in [0.15, 0.2) is 0 Å². The van der Waals surface area contributed by atoms with Gasteiger partial charge in [0.2, 0.25) is 0 Å². The smallest absolute Gasteiger partial charge is 0.124 e. The fraction of sp³-hybridized carbons (Fsp3) is 0.333. The average molecular weight is 348 g/mol. The minimum atomic E-state index is 0.750. The summed E-state index contributed by atoms with van der Waals surface area (Å²) >= 11 is 3.54. The van der Waals surface area contributed by atoms with Gasteiger partial charge in [-0.2, -0.15) is 0 Å². The van der Waals surface area contributed by atoms with Gasteiger partial charge in [-0.25, -0.2) is 0 Å². The van der Waals surface area contributed by atoms with Gasteiger partial charge in [0.05, 0.1) is 6.61 Å². The van der Waals surface area contributed by atoms with Crippen LogP contribution >= 0.6 is 15.9 Å². The number of para-hydroxylation sites is 1. The SMILES string of the molecule is CCCOc1ccc(Br)cc1CNc1ccccc1CC. The van der Waals surface area contributed by atoms with Crippen LogP contribution in [0.1, 0.15) is 31.4 Å². The summed E-state index contributed by atoms with van der Waals surface area (Å²) in [5.74, 6) is 0.960. The Balaban J connectivity index is 2.13. The van der Waals surface area contributed by atoms with Crippen LogP contribution in [0.4, 0.5) is 5.69 Å². The van der Waals surface area contributed by atoms with Crippen molar-refractivity contribution in [1.82, 2.24) is 0 Å². The summed E-state index contributed by atoms with van der Waals surface area (Å²) < 4.78 is 6.90. The van der Waals surface area contributed by atoms with Gasteiger partial charge < -0.3 is 10.1 Å². The summed E-state index contributed by atoms with van der Waals surface area (Å²) in [5.41, 5.74) is 3.70. The predicted octanol–water partition coefficient (Wildman–Crippen LogP) is 5.41. The van der Waals surface area contributed by atoms with E-state index in [1.807, 2.05) is 12.1 Å². The minimum absolute atomic E-state index is 0.750. The molecule has 0 saturated carbocycles. The second kappa shape index (κ2) is 8.08. The summed E-state index contributed by atoms with van der Waals surface area (Å²) in [6.45, 7) is 5.80. The third kappa shape index (κ3) is 4.50. The topological polar surface area (TPSA) is 21.3 Å². The van der Waals surface area contributed by atoms with E-state index < -0.39 is 0 Å². The number of aryl methyl sites for hydroxylation is 1. The minimum Gasteiger partial charge on any atom is -0.493 e. The van der Waals surface area contributed by atoms with Gasteiger partial charge in [0.1, 0.15) is 5.75 Å². The molecule has 0 spiro atoms. The van der Waals surface area contributed by atoms with E-state index in [1.165, 1.54) is 16.8 Å². The van der Waals surface area contributed by atoms with Gasteiger partial charge in [0, 0.05) is 22.3 Å². The molecule has 1 N–H and O–H groups in total. The third-order valence-electron chi connectivity index (χ3n) is 3.35. The van der Waals surface area contributed by atoms with Crippen LogP contribution < -0.4 is 10.1 Å². The van der Waals surface area contributed by atoms with Crippen molar-refractivity contribution in [2.24, 2.45) is 0 Å². The van der Waals surface area contributed by atoms with Gasteiger partial charge in [-0.05, 0) is 42.7 Å². The van der Waals surface area contributed by atoms with Gasteiger partial charge >= 0.3 is 0 Å². The van der Waals surface area contributed by atoms with Crippen molar-refractivity contribution in [2.45, 2.75) is 33.2 Å². The monoisotopic (exact) mass is 347 g/mol. The molecule has 0 radical (unpaired) electrons. The second-order valence-electron chi connectivity index (χ2n) is 4.96. The lowest BCUT2D eigenvalue weighted by Crippen LogP contribution is -2.05. The largest absolute Gasteiger partial charge is 0.493 e. The second-order valence-corrected chi connectivity index (χ2v) is 5.88. The lowest BCUT2D eigenvalue weighted by atomic mass is 10.1. The Morgan fingerprint density at radius 3 is 2.62 bits per heavy atom. The molecule has 0 aliphatic heterocycles. The van der Waals surface area contributed by atoms with E-state index in [0.717, 1.165) is 36.2 Å². The molecule has 2 nitrogen and oxygen atoms in total. The van der Waals surface area contributed by atoms with Crippen LogP contribution in [0.3, 0.4) is 0 Å². The maximum absolute atomic E-state index is 5.83. The zero-order chi connectivity index (χ0) is 15.1. The Morgan fingerprint density at radius 2 is 1.86 bits per heavy atom. The molecule has 0 aliphatic carbocycles. The van der Waals surface area contributed by atoms with Crippen molar-refractivity contribution in [3.05, 3.63) is 58.1 Å². The molecule has 2 rings (SSSR count). The number of benzene rings is 2. The Bertz CT molecular complexity index is 583. The highest BCUT2D eigenvalue weighted by Crippen LogP contribution is 2.25. The van der Waals surface area contributed by atoms with Crippen molar-refractivity contribution in [2.75, 3.05) is 11.9 Å². The quantitative estimate of drug-likeness (QED) is 0.722. The van der Waals surface area contributed by atoms with Crippen molar-refractivity contribution in [3.63, 3.8) is 0 Å². The molecule has 21 heavy (non-hydrogen) atoms. The first-order valence-electron chi connectivity index (χ1n) is 7.47. The highest BCUT2D eigenvalue weighted by Gasteiger charge is 2.06. The van der Waals surface area contributed by atoms with Crippen LogP contribution in [0.25, 0.3) is 0 Å². The van der Waals surface area contributed by atoms with Crippen molar-refractivity contribution in [3.8, 4) is 5.75 Å². The average Bonchev–Trinajstić information content (AvgIpc) is 2.52. The summed E-state index contributed by atoms with van der Waals surface area (Å²) in [4.78, 5) is 0. The highest BCUT2D eigenvalue weighted by molar-refractivity contribution is 9.10. The lowest BCUT2D eigenvalue weighted by molar-refractivity contribution is 0.314. The molecule has 0 unspecified atom stereocenters. The fourth-order valence-corrected chi connectivity index (χ4v) is 2.64. The molecule has 2 aromatic carbocycles. The van der Waals surface area contributed by atoms with Gasteiger partial charge in [-0.3, -0.25) is 0 Å². The number of halogens is 1. The first-order valence-corrected chi connectivity index (χ1v) is 8.27. The van der Waals surface area contributed by atoms with Gasteiger partial charge in [-0.1, -0.05) is 48.0 Å². The standard InChI is InChI=1S/C18H22BrNO/c1-3-11-21-18-10-9-16(19)12-15(18)13-20-17-8-6-5-7-14(17)4-2/h5-10,12,20H,3-4,11,13H2,1-2H3. The normalized spacial score (nSPS) is 10.4. The number of nitrogens with one attached hydrogen (secondary N) is 1. The molecule has 0 saturated heterocycles. The Hall–Kier alpha value is -1.48. The Labute approximate surface area is 135 Å². The highest BCUT2D eigenvalue weighted by atomic mass is 79.9. The summed E-state index contributed by atoms with van der Waals surface area (Å²) in [5, 5.41) is 3.52. The first-order chi connectivity index (χ1) is 10.2. The van der Waals surface area contributed by atoms with E-state index in [4.69, 9.17) is 4.74 Å². The van der Waals surface area contributed by atoms with E-state index in [2.05, 4.69) is 65.4 Å². The van der Waals surface area contributed by atoms with Gasteiger partial charge in [-0.15, -0.1) is 0 Å². The van der Waals surface area contributed by atoms with Crippen LogP contribution in [0.5, 0.6) is 5.75 Å². The maximum atomic E-state index is 5.83. The molecule has 0 heterocycles.